The molecule has 0 aliphatic carbocycles. The lowest BCUT2D eigenvalue weighted by atomic mass is 9.77. The molecule has 0 aromatic rings. The van der Waals surface area contributed by atoms with Gasteiger partial charge < -0.3 is 5.11 Å². The normalized spacial score (nSPS) is 17.6. The molecule has 66 valence electrons. The summed E-state index contributed by atoms with van der Waals surface area (Å²) in [6, 6.07) is 0. The van der Waals surface area contributed by atoms with Gasteiger partial charge in [-0.1, -0.05) is 34.3 Å². The predicted molar refractivity (Wildman–Crippen MR) is 49.4 cm³/mol. The van der Waals surface area contributed by atoms with Crippen LogP contribution in [0.25, 0.3) is 0 Å². The average Bonchev–Trinajstić information content (AvgIpc) is 1.82. The third-order valence-corrected chi connectivity index (χ3v) is 2.39. The Balaban J connectivity index is 4.26. The number of hydrogen-bond donors (Lipinski definition) is 1. The van der Waals surface area contributed by atoms with Gasteiger partial charge in [-0.25, -0.2) is 0 Å². The first-order chi connectivity index (χ1) is 4.76. The quantitative estimate of drug-likeness (QED) is 0.609. The van der Waals surface area contributed by atoms with Crippen LogP contribution in [0.15, 0.2) is 12.2 Å². The van der Waals surface area contributed by atoms with Crippen molar-refractivity contribution in [1.82, 2.24) is 0 Å². The van der Waals surface area contributed by atoms with E-state index in [4.69, 9.17) is 0 Å². The molecule has 11 heavy (non-hydrogen) atoms. The lowest BCUT2D eigenvalue weighted by Gasteiger charge is -2.30. The van der Waals surface area contributed by atoms with E-state index in [-0.39, 0.29) is 11.5 Å². The fourth-order valence-corrected chi connectivity index (χ4v) is 0.918. The molecule has 2 atom stereocenters. The second-order valence-corrected chi connectivity index (χ2v) is 4.34. The predicted octanol–water partition coefficient (Wildman–Crippen LogP) is 2.61. The number of rotatable bonds is 2. The SMILES string of the molecule is C=C(C(C)O)C(C)C(C)(C)C. The highest BCUT2D eigenvalue weighted by molar-refractivity contribution is 5.07. The van der Waals surface area contributed by atoms with E-state index < -0.39 is 0 Å². The van der Waals surface area contributed by atoms with Crippen LogP contribution in [0.3, 0.4) is 0 Å². The summed E-state index contributed by atoms with van der Waals surface area (Å²) in [6.07, 6.45) is -0.385. The average molecular weight is 156 g/mol. The Kier molecular flexibility index (Phi) is 3.30. The molecule has 0 heterocycles. The minimum atomic E-state index is -0.385. The van der Waals surface area contributed by atoms with Gasteiger partial charge in [0.1, 0.15) is 0 Å². The summed E-state index contributed by atoms with van der Waals surface area (Å²) in [7, 11) is 0. The summed E-state index contributed by atoms with van der Waals surface area (Å²) in [6.45, 7) is 14.2. The first kappa shape index (κ1) is 10.7. The maximum Gasteiger partial charge on any atom is 0.0722 e. The molecular weight excluding hydrogens is 136 g/mol. The highest BCUT2D eigenvalue weighted by Crippen LogP contribution is 2.31. The van der Waals surface area contributed by atoms with Gasteiger partial charge in [0.25, 0.3) is 0 Å². The molecule has 0 amide bonds. The first-order valence-corrected chi connectivity index (χ1v) is 4.13. The Hall–Kier alpha value is -0.300. The minimum Gasteiger partial charge on any atom is -0.389 e. The van der Waals surface area contributed by atoms with Crippen LogP contribution in [-0.4, -0.2) is 11.2 Å². The van der Waals surface area contributed by atoms with Crippen LogP contribution in [0.1, 0.15) is 34.6 Å². The molecule has 1 N–H and O–H groups in total. The summed E-state index contributed by atoms with van der Waals surface area (Å²) in [5.74, 6) is 0.363. The first-order valence-electron chi connectivity index (χ1n) is 4.13. The maximum atomic E-state index is 9.26. The van der Waals surface area contributed by atoms with Crippen LogP contribution in [0.2, 0.25) is 0 Å². The van der Waals surface area contributed by atoms with Crippen molar-refractivity contribution in [2.24, 2.45) is 11.3 Å². The Morgan fingerprint density at radius 2 is 1.64 bits per heavy atom. The van der Waals surface area contributed by atoms with Crippen molar-refractivity contribution in [3.8, 4) is 0 Å². The zero-order valence-corrected chi connectivity index (χ0v) is 8.31. The van der Waals surface area contributed by atoms with Crippen LogP contribution in [0.4, 0.5) is 0 Å². The van der Waals surface area contributed by atoms with Crippen LogP contribution in [-0.2, 0) is 0 Å². The Morgan fingerprint density at radius 3 is 1.73 bits per heavy atom. The topological polar surface area (TPSA) is 20.2 Å². The monoisotopic (exact) mass is 156 g/mol. The summed E-state index contributed by atoms with van der Waals surface area (Å²) in [5.41, 5.74) is 1.13. The van der Waals surface area contributed by atoms with Crippen molar-refractivity contribution < 1.29 is 5.11 Å². The van der Waals surface area contributed by atoms with E-state index in [0.717, 1.165) is 5.57 Å². The van der Waals surface area contributed by atoms with Gasteiger partial charge in [-0.3, -0.25) is 0 Å². The van der Waals surface area contributed by atoms with Crippen molar-refractivity contribution in [2.45, 2.75) is 40.7 Å². The molecule has 0 aromatic heterocycles. The highest BCUT2D eigenvalue weighted by Gasteiger charge is 2.24. The largest absolute Gasteiger partial charge is 0.389 e. The lowest BCUT2D eigenvalue weighted by Crippen LogP contribution is -2.23. The molecule has 0 aliphatic rings. The van der Waals surface area contributed by atoms with Gasteiger partial charge in [0.15, 0.2) is 0 Å². The van der Waals surface area contributed by atoms with Crippen LogP contribution < -0.4 is 0 Å². The Bertz CT molecular complexity index is 139. The molecule has 0 aliphatic heterocycles. The standard InChI is InChI=1S/C10H20O/c1-7(9(3)11)8(2)10(4,5)6/h8-9,11H,1H2,2-6H3. The molecule has 0 radical (unpaired) electrons. The van der Waals surface area contributed by atoms with E-state index in [0.29, 0.717) is 5.92 Å². The molecule has 0 spiro atoms. The van der Waals surface area contributed by atoms with Gasteiger partial charge in [0.05, 0.1) is 6.10 Å². The van der Waals surface area contributed by atoms with Crippen molar-refractivity contribution in [3.05, 3.63) is 12.2 Å². The molecule has 1 heteroatoms. The highest BCUT2D eigenvalue weighted by atomic mass is 16.3. The molecule has 0 bridgehead atoms. The zero-order chi connectivity index (χ0) is 9.23. The molecule has 2 unspecified atom stereocenters. The van der Waals surface area contributed by atoms with Gasteiger partial charge in [0, 0.05) is 0 Å². The van der Waals surface area contributed by atoms with E-state index in [2.05, 4.69) is 34.3 Å². The third kappa shape index (κ3) is 3.06. The van der Waals surface area contributed by atoms with E-state index >= 15 is 0 Å². The summed E-state index contributed by atoms with van der Waals surface area (Å²) in [5, 5.41) is 9.26. The number of aliphatic hydroxyl groups excluding tert-OH is 1. The van der Waals surface area contributed by atoms with E-state index in [1.54, 1.807) is 6.92 Å². The van der Waals surface area contributed by atoms with Crippen LogP contribution >= 0.6 is 0 Å². The third-order valence-electron chi connectivity index (χ3n) is 2.39. The fourth-order valence-electron chi connectivity index (χ4n) is 0.918. The molecule has 0 aromatic carbocycles. The summed E-state index contributed by atoms with van der Waals surface area (Å²) >= 11 is 0. The van der Waals surface area contributed by atoms with Crippen LogP contribution in [0.5, 0.6) is 0 Å². The number of aliphatic hydroxyl groups is 1. The van der Waals surface area contributed by atoms with Crippen molar-refractivity contribution in [3.63, 3.8) is 0 Å². The smallest absolute Gasteiger partial charge is 0.0722 e. The van der Waals surface area contributed by atoms with Gasteiger partial charge in [-0.05, 0) is 23.8 Å². The van der Waals surface area contributed by atoms with Gasteiger partial charge >= 0.3 is 0 Å². The van der Waals surface area contributed by atoms with Gasteiger partial charge in [0.2, 0.25) is 0 Å². The van der Waals surface area contributed by atoms with Crippen molar-refractivity contribution in [1.29, 1.82) is 0 Å². The van der Waals surface area contributed by atoms with Crippen molar-refractivity contribution in [2.75, 3.05) is 0 Å². The molecule has 0 rings (SSSR count). The van der Waals surface area contributed by atoms with Crippen LogP contribution in [0, 0.1) is 11.3 Å². The molecule has 0 fully saturated rings. The maximum absolute atomic E-state index is 9.26. The Labute approximate surface area is 70.1 Å². The molecule has 0 saturated carbocycles. The fraction of sp³-hybridized carbons (Fsp3) is 0.800. The van der Waals surface area contributed by atoms with E-state index in [9.17, 15) is 5.11 Å². The molecule has 0 saturated heterocycles. The van der Waals surface area contributed by atoms with E-state index in [1.807, 2.05) is 0 Å². The second-order valence-electron chi connectivity index (χ2n) is 4.34. The molecule has 1 nitrogen and oxygen atoms in total. The lowest BCUT2D eigenvalue weighted by molar-refractivity contribution is 0.189. The summed E-state index contributed by atoms with van der Waals surface area (Å²) < 4.78 is 0. The minimum absolute atomic E-state index is 0.202. The van der Waals surface area contributed by atoms with Gasteiger partial charge in [-0.15, -0.1) is 0 Å². The zero-order valence-electron chi connectivity index (χ0n) is 8.31. The Morgan fingerprint density at radius 1 is 1.27 bits per heavy atom. The van der Waals surface area contributed by atoms with E-state index in [1.165, 1.54) is 0 Å². The van der Waals surface area contributed by atoms with Crippen molar-refractivity contribution >= 4 is 0 Å². The number of hydrogen-bond acceptors (Lipinski definition) is 1. The van der Waals surface area contributed by atoms with Gasteiger partial charge in [-0.2, -0.15) is 0 Å². The summed E-state index contributed by atoms with van der Waals surface area (Å²) in [4.78, 5) is 0. The second kappa shape index (κ2) is 3.40. The molecular formula is C10H20O.